The second-order valence-electron chi connectivity index (χ2n) is 9.40. The van der Waals surface area contributed by atoms with Crippen LogP contribution in [0, 0.1) is 5.92 Å². The van der Waals surface area contributed by atoms with Gasteiger partial charge in [-0.25, -0.2) is 0 Å². The fourth-order valence-corrected chi connectivity index (χ4v) is 5.63. The van der Waals surface area contributed by atoms with Crippen molar-refractivity contribution in [1.82, 2.24) is 15.5 Å². The molecule has 1 saturated carbocycles. The van der Waals surface area contributed by atoms with Crippen molar-refractivity contribution in [2.75, 3.05) is 33.6 Å². The molecule has 1 fully saturated rings. The van der Waals surface area contributed by atoms with E-state index in [4.69, 9.17) is 32.7 Å². The van der Waals surface area contributed by atoms with Crippen molar-refractivity contribution in [3.8, 4) is 22.6 Å². The molecule has 3 N–H and O–H groups in total. The van der Waals surface area contributed by atoms with Gasteiger partial charge in [0.2, 0.25) is 11.8 Å². The summed E-state index contributed by atoms with van der Waals surface area (Å²) in [6.07, 6.45) is 3.67. The van der Waals surface area contributed by atoms with Crippen LogP contribution < -0.4 is 25.4 Å². The monoisotopic (exact) mass is 559 g/mol. The van der Waals surface area contributed by atoms with Crippen LogP contribution in [0.4, 0.5) is 5.69 Å². The number of hydrogen-bond acceptors (Lipinski definition) is 7. The van der Waals surface area contributed by atoms with E-state index in [9.17, 15) is 9.59 Å². The summed E-state index contributed by atoms with van der Waals surface area (Å²) >= 11 is 13.2. The van der Waals surface area contributed by atoms with Gasteiger partial charge >= 0.3 is 0 Å². The first-order valence-corrected chi connectivity index (χ1v) is 12.9. The van der Waals surface area contributed by atoms with E-state index in [1.807, 2.05) is 18.2 Å². The number of nitrogens with one attached hydrogen (secondary N) is 3. The summed E-state index contributed by atoms with van der Waals surface area (Å²) in [5.74, 6) is 0.477. The molecule has 4 atom stereocenters. The molecule has 1 aliphatic heterocycles. The van der Waals surface area contributed by atoms with E-state index in [1.54, 1.807) is 31.3 Å². The number of benzene rings is 2. The maximum Gasteiger partial charge on any atom is 0.243 e. The summed E-state index contributed by atoms with van der Waals surface area (Å²) in [6.45, 7) is 3.54. The van der Waals surface area contributed by atoms with Gasteiger partial charge in [-0.15, -0.1) is 0 Å². The molecule has 9 nitrogen and oxygen atoms in total. The molecule has 0 bridgehead atoms. The predicted octanol–water partition coefficient (Wildman–Crippen LogP) is 3.93. The molecule has 2 amide bonds. The lowest BCUT2D eigenvalue weighted by atomic mass is 10.0. The Morgan fingerprint density at radius 3 is 2.37 bits per heavy atom. The molecule has 11 heteroatoms. The Labute approximate surface area is 232 Å². The summed E-state index contributed by atoms with van der Waals surface area (Å²) in [4.78, 5) is 30.8. The van der Waals surface area contributed by atoms with Crippen LogP contribution in [-0.2, 0) is 9.59 Å². The first-order valence-electron chi connectivity index (χ1n) is 12.1. The Morgan fingerprint density at radius 1 is 1.11 bits per heavy atom. The van der Waals surface area contributed by atoms with Crippen molar-refractivity contribution >= 4 is 46.9 Å². The van der Waals surface area contributed by atoms with Crippen LogP contribution in [0.3, 0.4) is 0 Å². The average molecular weight is 560 g/mol. The minimum absolute atomic E-state index is 0.0385. The van der Waals surface area contributed by atoms with Gasteiger partial charge in [0.25, 0.3) is 0 Å². The number of anilines is 1. The zero-order chi connectivity index (χ0) is 27.6. The molecule has 0 radical (unpaired) electrons. The molecule has 0 saturated heterocycles. The highest BCUT2D eigenvalue weighted by Gasteiger charge is 2.40. The number of carbonyl (C=O) groups excluding carboxylic acids is 2. The molecule has 2 aromatic rings. The van der Waals surface area contributed by atoms with E-state index in [1.165, 1.54) is 20.3 Å². The number of carbonyl (C=O) groups is 2. The Kier molecular flexibility index (Phi) is 8.50. The molecule has 4 rings (SSSR count). The van der Waals surface area contributed by atoms with E-state index in [-0.39, 0.29) is 29.8 Å². The molecule has 0 spiro atoms. The first-order chi connectivity index (χ1) is 18.2. The molecule has 1 heterocycles. The highest BCUT2D eigenvalue weighted by Crippen LogP contribution is 2.46. The maximum atomic E-state index is 12.6. The fourth-order valence-electron chi connectivity index (χ4n) is 4.91. The van der Waals surface area contributed by atoms with E-state index >= 15 is 0 Å². The minimum Gasteiger partial charge on any atom is -0.495 e. The summed E-state index contributed by atoms with van der Waals surface area (Å²) < 4.78 is 10.8. The van der Waals surface area contributed by atoms with Crippen LogP contribution in [0.15, 0.2) is 41.9 Å². The van der Waals surface area contributed by atoms with E-state index in [2.05, 4.69) is 27.5 Å². The molecule has 4 unspecified atom stereocenters. The summed E-state index contributed by atoms with van der Waals surface area (Å²) in [5.41, 5.74) is 3.08. The van der Waals surface area contributed by atoms with Crippen molar-refractivity contribution in [1.29, 1.82) is 0 Å². The molecule has 2 aromatic carbocycles. The lowest BCUT2D eigenvalue weighted by Gasteiger charge is -2.29. The van der Waals surface area contributed by atoms with E-state index in [0.717, 1.165) is 16.8 Å². The van der Waals surface area contributed by atoms with Crippen LogP contribution in [0.1, 0.15) is 18.4 Å². The third-order valence-electron chi connectivity index (χ3n) is 6.81. The Bertz CT molecular complexity index is 1250. The molecule has 1 aliphatic carbocycles. The fraction of sp³-hybridized carbons (Fsp3) is 0.370. The van der Waals surface area contributed by atoms with E-state index in [0.29, 0.717) is 39.9 Å². The van der Waals surface area contributed by atoms with Crippen LogP contribution in [0.2, 0.25) is 10.0 Å². The molecular weight excluding hydrogens is 529 g/mol. The number of hydrogen-bond donors (Lipinski definition) is 3. The number of methoxy groups -OCH3 is 2. The second kappa shape index (κ2) is 11.6. The Balaban J connectivity index is 1.55. The van der Waals surface area contributed by atoms with Crippen LogP contribution in [-0.4, -0.2) is 69.6 Å². The predicted molar refractivity (Wildman–Crippen MR) is 150 cm³/mol. The van der Waals surface area contributed by atoms with Crippen molar-refractivity contribution in [2.45, 2.75) is 31.2 Å². The Hall–Kier alpha value is -3.27. The molecular formula is C27H31Cl2N5O4. The smallest absolute Gasteiger partial charge is 0.243 e. The number of ether oxygens (including phenoxy) is 2. The minimum atomic E-state index is -0.446. The van der Waals surface area contributed by atoms with Gasteiger partial charge in [-0.3, -0.25) is 19.9 Å². The zero-order valence-electron chi connectivity index (χ0n) is 21.7. The number of fused-ring (bicyclic) bond motifs is 1. The SMILES string of the molecule is C=CC(=O)NC1CC(C(=O)N(C)C)CC1NC1N=Cc2cc(-c3c(Cl)c(OC)cc(OC)c3Cl)ccc2N1. The lowest BCUT2D eigenvalue weighted by molar-refractivity contribution is -0.133. The van der Waals surface area contributed by atoms with Gasteiger partial charge in [0.05, 0.1) is 24.3 Å². The largest absolute Gasteiger partial charge is 0.495 e. The lowest BCUT2D eigenvalue weighted by Crippen LogP contribution is -2.51. The normalized spacial score (nSPS) is 21.7. The number of rotatable bonds is 8. The number of aliphatic imine (C=N–C) groups is 1. The number of amides is 2. The van der Waals surface area contributed by atoms with Crippen molar-refractivity contribution < 1.29 is 19.1 Å². The first kappa shape index (κ1) is 27.8. The van der Waals surface area contributed by atoms with Gasteiger partial charge in [0, 0.05) is 61.2 Å². The highest BCUT2D eigenvalue weighted by atomic mass is 35.5. The molecule has 2 aliphatic rings. The highest BCUT2D eigenvalue weighted by molar-refractivity contribution is 6.41. The maximum absolute atomic E-state index is 12.6. The second-order valence-corrected chi connectivity index (χ2v) is 10.2. The third-order valence-corrected chi connectivity index (χ3v) is 7.56. The van der Waals surface area contributed by atoms with Gasteiger partial charge in [-0.1, -0.05) is 35.8 Å². The molecule has 38 heavy (non-hydrogen) atoms. The van der Waals surface area contributed by atoms with Gasteiger partial charge in [0.1, 0.15) is 11.5 Å². The molecule has 202 valence electrons. The van der Waals surface area contributed by atoms with Crippen molar-refractivity contribution in [3.63, 3.8) is 0 Å². The summed E-state index contributed by atoms with van der Waals surface area (Å²) in [7, 11) is 6.54. The van der Waals surface area contributed by atoms with Crippen LogP contribution >= 0.6 is 23.2 Å². The quantitative estimate of drug-likeness (QED) is 0.423. The van der Waals surface area contributed by atoms with Crippen molar-refractivity contribution in [2.24, 2.45) is 10.9 Å². The van der Waals surface area contributed by atoms with Gasteiger partial charge < -0.3 is 25.0 Å². The average Bonchev–Trinajstić information content (AvgIpc) is 3.29. The number of nitrogens with zero attached hydrogens (tertiary/aromatic N) is 2. The zero-order valence-corrected chi connectivity index (χ0v) is 23.2. The van der Waals surface area contributed by atoms with Gasteiger partial charge in [-0.05, 0) is 36.6 Å². The topological polar surface area (TPSA) is 104 Å². The molecule has 0 aromatic heterocycles. The number of halogens is 2. The van der Waals surface area contributed by atoms with Crippen LogP contribution in [0.25, 0.3) is 11.1 Å². The third kappa shape index (κ3) is 5.60. The Morgan fingerprint density at radius 2 is 1.76 bits per heavy atom. The standard InChI is InChI=1S/C27H31Cl2N5O4/c1-6-22(35)31-18-10-15(26(36)34(2)3)11-19(18)33-27-30-13-16-9-14(7-8-17(16)32-27)23-24(28)20(37-4)12-21(38-5)25(23)29/h6-9,12-13,15,18-19,27,32-33H,1,10-11H2,2-5H3,(H,31,35). The van der Waals surface area contributed by atoms with Crippen LogP contribution in [0.5, 0.6) is 11.5 Å². The van der Waals surface area contributed by atoms with Gasteiger partial charge in [-0.2, -0.15) is 0 Å². The summed E-state index contributed by atoms with van der Waals surface area (Å²) in [6, 6.07) is 7.02. The summed E-state index contributed by atoms with van der Waals surface area (Å²) in [5, 5.41) is 10.5. The van der Waals surface area contributed by atoms with E-state index < -0.39 is 6.29 Å². The van der Waals surface area contributed by atoms with Gasteiger partial charge in [0.15, 0.2) is 6.29 Å². The van der Waals surface area contributed by atoms with Crippen molar-refractivity contribution in [3.05, 3.63) is 52.5 Å².